The van der Waals surface area contributed by atoms with Crippen LogP contribution in [0.15, 0.2) is 0 Å². The molecule has 0 aromatic heterocycles. The van der Waals surface area contributed by atoms with Gasteiger partial charge in [-0.25, -0.2) is 0 Å². The lowest BCUT2D eigenvalue weighted by atomic mass is 9.35. The molecule has 2 N–H and O–H groups in total. The first-order valence-corrected chi connectivity index (χ1v) is 14.2. The Morgan fingerprint density at radius 2 is 1.36 bits per heavy atom. The minimum absolute atomic E-state index is 0.0375. The number of rotatable bonds is 1. The average Bonchev–Trinajstić information content (AvgIpc) is 3.07. The molecule has 1 heterocycles. The quantitative estimate of drug-likeness (QED) is 0.455. The molecule has 33 heavy (non-hydrogen) atoms. The van der Waals surface area contributed by atoms with Crippen molar-refractivity contribution in [2.75, 3.05) is 0 Å². The van der Waals surface area contributed by atoms with Crippen molar-refractivity contribution in [2.24, 2.45) is 45.3 Å². The summed E-state index contributed by atoms with van der Waals surface area (Å²) in [6.45, 7) is 19.2. The van der Waals surface area contributed by atoms with E-state index in [0.29, 0.717) is 23.7 Å². The van der Waals surface area contributed by atoms with Crippen LogP contribution >= 0.6 is 0 Å². The Bertz CT molecular complexity index is 789. The molecule has 0 bridgehead atoms. The van der Waals surface area contributed by atoms with E-state index < -0.39 is 0 Å². The molecule has 4 aliphatic carbocycles. The Hall–Kier alpha value is -0.120. The van der Waals surface area contributed by atoms with Crippen molar-refractivity contribution in [3.63, 3.8) is 0 Å². The number of ether oxygens (including phenoxy) is 1. The minimum atomic E-state index is -0.239. The van der Waals surface area contributed by atoms with Crippen LogP contribution in [0.4, 0.5) is 0 Å². The first-order chi connectivity index (χ1) is 15.1. The molecule has 1 saturated heterocycles. The molecular weight excluding hydrogens is 408 g/mol. The standard InChI is InChI=1S/C30H52O3/c1-25(2)13-9-14-30(8,33-25)19-10-16-29(7)24(19)20(31)18-22-27(5)15-12-23(32)26(3,4)21(27)11-17-28(22,29)6/h19-24,31-32H,9-18H2,1-8H3/t19?,20-,21+,22-,23+,24+,27+,28-,29-,30?/m1/s1. The lowest BCUT2D eigenvalue weighted by molar-refractivity contribution is -0.257. The van der Waals surface area contributed by atoms with Gasteiger partial charge in [0.05, 0.1) is 23.4 Å². The van der Waals surface area contributed by atoms with Crippen LogP contribution in [0.25, 0.3) is 0 Å². The Morgan fingerprint density at radius 1 is 0.697 bits per heavy atom. The maximum absolute atomic E-state index is 11.9. The zero-order valence-electron chi connectivity index (χ0n) is 22.8. The van der Waals surface area contributed by atoms with Crippen LogP contribution in [-0.4, -0.2) is 33.6 Å². The van der Waals surface area contributed by atoms with Gasteiger partial charge in [-0.3, -0.25) is 0 Å². The smallest absolute Gasteiger partial charge is 0.0693 e. The van der Waals surface area contributed by atoms with Crippen molar-refractivity contribution in [3.8, 4) is 0 Å². The van der Waals surface area contributed by atoms with Gasteiger partial charge in [0.2, 0.25) is 0 Å². The molecule has 3 heteroatoms. The third-order valence-corrected chi connectivity index (χ3v) is 13.1. The van der Waals surface area contributed by atoms with E-state index in [1.165, 1.54) is 32.1 Å². The third-order valence-electron chi connectivity index (χ3n) is 13.1. The molecule has 3 nitrogen and oxygen atoms in total. The highest BCUT2D eigenvalue weighted by Gasteiger charge is 2.71. The fourth-order valence-corrected chi connectivity index (χ4v) is 11.3. The van der Waals surface area contributed by atoms with E-state index >= 15 is 0 Å². The number of hydrogen-bond acceptors (Lipinski definition) is 3. The van der Waals surface area contributed by atoms with E-state index in [0.717, 1.165) is 32.1 Å². The lowest BCUT2D eigenvalue weighted by Gasteiger charge is -2.70. The predicted octanol–water partition coefficient (Wildman–Crippen LogP) is 6.74. The van der Waals surface area contributed by atoms with E-state index in [1.54, 1.807) is 0 Å². The summed E-state index contributed by atoms with van der Waals surface area (Å²) in [6, 6.07) is 0. The zero-order chi connectivity index (χ0) is 24.2. The summed E-state index contributed by atoms with van der Waals surface area (Å²) in [4.78, 5) is 0. The van der Waals surface area contributed by atoms with Gasteiger partial charge >= 0.3 is 0 Å². The molecule has 5 aliphatic rings. The van der Waals surface area contributed by atoms with Crippen LogP contribution in [-0.2, 0) is 4.74 Å². The zero-order valence-corrected chi connectivity index (χ0v) is 22.8. The highest BCUT2D eigenvalue weighted by Crippen LogP contribution is 2.76. The Balaban J connectivity index is 1.51. The lowest BCUT2D eigenvalue weighted by Crippen LogP contribution is -2.66. The van der Waals surface area contributed by atoms with Crippen LogP contribution < -0.4 is 0 Å². The summed E-state index contributed by atoms with van der Waals surface area (Å²) in [6.07, 6.45) is 10.9. The van der Waals surface area contributed by atoms with Crippen LogP contribution in [0.1, 0.15) is 120 Å². The highest BCUT2D eigenvalue weighted by molar-refractivity contribution is 5.20. The van der Waals surface area contributed by atoms with Gasteiger partial charge in [-0.15, -0.1) is 0 Å². The molecule has 10 atom stereocenters. The van der Waals surface area contributed by atoms with Crippen LogP contribution in [0.2, 0.25) is 0 Å². The number of hydrogen-bond donors (Lipinski definition) is 2. The van der Waals surface area contributed by atoms with Crippen molar-refractivity contribution in [1.82, 2.24) is 0 Å². The topological polar surface area (TPSA) is 49.7 Å². The number of aliphatic hydroxyl groups is 2. The van der Waals surface area contributed by atoms with E-state index in [2.05, 4.69) is 55.4 Å². The van der Waals surface area contributed by atoms with E-state index in [1.807, 2.05) is 0 Å². The maximum Gasteiger partial charge on any atom is 0.0693 e. The van der Waals surface area contributed by atoms with E-state index in [-0.39, 0.29) is 45.1 Å². The predicted molar refractivity (Wildman–Crippen MR) is 134 cm³/mol. The van der Waals surface area contributed by atoms with Gasteiger partial charge in [0.25, 0.3) is 0 Å². The summed E-state index contributed by atoms with van der Waals surface area (Å²) in [5, 5.41) is 22.8. The van der Waals surface area contributed by atoms with E-state index in [4.69, 9.17) is 4.74 Å². The molecule has 190 valence electrons. The largest absolute Gasteiger partial charge is 0.393 e. The number of fused-ring (bicyclic) bond motifs is 5. The summed E-state index contributed by atoms with van der Waals surface area (Å²) >= 11 is 0. The van der Waals surface area contributed by atoms with Gasteiger partial charge in [-0.1, -0.05) is 34.6 Å². The molecule has 2 unspecified atom stereocenters. The highest BCUT2D eigenvalue weighted by atomic mass is 16.5. The number of aliphatic hydroxyl groups excluding tert-OH is 2. The van der Waals surface area contributed by atoms with Gasteiger partial charge < -0.3 is 14.9 Å². The molecule has 0 aromatic carbocycles. The van der Waals surface area contributed by atoms with Crippen molar-refractivity contribution < 1.29 is 14.9 Å². The Kier molecular flexibility index (Phi) is 5.38. The van der Waals surface area contributed by atoms with Gasteiger partial charge in [-0.2, -0.15) is 0 Å². The fraction of sp³-hybridized carbons (Fsp3) is 1.00. The van der Waals surface area contributed by atoms with Crippen LogP contribution in [0.3, 0.4) is 0 Å². The van der Waals surface area contributed by atoms with Gasteiger partial charge in [0.1, 0.15) is 0 Å². The molecule has 0 amide bonds. The molecule has 0 radical (unpaired) electrons. The molecular formula is C30H52O3. The Labute approximate surface area is 203 Å². The molecule has 4 saturated carbocycles. The van der Waals surface area contributed by atoms with Gasteiger partial charge in [-0.05, 0) is 130 Å². The summed E-state index contributed by atoms with van der Waals surface area (Å²) < 4.78 is 6.86. The molecule has 5 rings (SSSR count). The van der Waals surface area contributed by atoms with Crippen molar-refractivity contribution in [3.05, 3.63) is 0 Å². The monoisotopic (exact) mass is 460 g/mol. The van der Waals surface area contributed by atoms with Crippen LogP contribution in [0, 0.1) is 45.3 Å². The molecule has 5 fully saturated rings. The second kappa shape index (κ2) is 7.22. The van der Waals surface area contributed by atoms with Gasteiger partial charge in [0, 0.05) is 0 Å². The second-order valence-corrected chi connectivity index (χ2v) is 15.4. The van der Waals surface area contributed by atoms with Crippen molar-refractivity contribution in [2.45, 2.75) is 143 Å². The minimum Gasteiger partial charge on any atom is -0.393 e. The SMILES string of the molecule is CC1(C)CCCC(C)(C2CC[C@]3(C)[C@@H]2[C@H](O)C[C@@H]2[C@@]4(C)CC[C@H](O)C(C)(C)[C@@H]4CC[C@]23C)O1. The third kappa shape index (κ3) is 3.16. The molecule has 0 aromatic rings. The molecule has 0 spiro atoms. The first kappa shape index (κ1) is 24.6. The summed E-state index contributed by atoms with van der Waals surface area (Å²) in [5.41, 5.74) is 0.392. The van der Waals surface area contributed by atoms with Gasteiger partial charge in [0.15, 0.2) is 0 Å². The second-order valence-electron chi connectivity index (χ2n) is 15.4. The first-order valence-electron chi connectivity index (χ1n) is 14.2. The summed E-state index contributed by atoms with van der Waals surface area (Å²) in [7, 11) is 0. The average molecular weight is 461 g/mol. The van der Waals surface area contributed by atoms with Crippen molar-refractivity contribution >= 4 is 0 Å². The normalized spacial score (nSPS) is 57.6. The summed E-state index contributed by atoms with van der Waals surface area (Å²) in [5.74, 6) is 1.85. The Morgan fingerprint density at radius 3 is 2.03 bits per heavy atom. The fourth-order valence-electron chi connectivity index (χ4n) is 11.3. The van der Waals surface area contributed by atoms with Crippen molar-refractivity contribution in [1.29, 1.82) is 0 Å². The molecule has 1 aliphatic heterocycles. The van der Waals surface area contributed by atoms with Crippen LogP contribution in [0.5, 0.6) is 0 Å². The van der Waals surface area contributed by atoms with E-state index in [9.17, 15) is 10.2 Å². The maximum atomic E-state index is 11.9.